The lowest BCUT2D eigenvalue weighted by atomic mass is 9.96. The van der Waals surface area contributed by atoms with Crippen LogP contribution in [0, 0.1) is 5.92 Å². The molecular formula is C28H33N4O3+. The number of hydrogen-bond acceptors (Lipinski definition) is 6. The van der Waals surface area contributed by atoms with Gasteiger partial charge in [-0.05, 0) is 38.4 Å². The lowest BCUT2D eigenvalue weighted by Gasteiger charge is -2.26. The average Bonchev–Trinajstić information content (AvgIpc) is 3.27. The first-order valence-corrected chi connectivity index (χ1v) is 12.0. The van der Waals surface area contributed by atoms with E-state index in [4.69, 9.17) is 4.52 Å². The van der Waals surface area contributed by atoms with Crippen molar-refractivity contribution in [1.82, 2.24) is 10.1 Å². The summed E-state index contributed by atoms with van der Waals surface area (Å²) in [6, 6.07) is 16.6. The Hall–Kier alpha value is -3.58. The van der Waals surface area contributed by atoms with Crippen LogP contribution in [0.1, 0.15) is 50.5 Å². The molecule has 0 bridgehead atoms. The van der Waals surface area contributed by atoms with Gasteiger partial charge in [0, 0.05) is 34.7 Å². The third-order valence-electron chi connectivity index (χ3n) is 6.48. The molecule has 7 heteroatoms. The number of aromatic nitrogens is 2. The van der Waals surface area contributed by atoms with E-state index in [0.717, 1.165) is 21.9 Å². The van der Waals surface area contributed by atoms with Gasteiger partial charge in [0.15, 0.2) is 23.2 Å². The molecule has 0 radical (unpaired) electrons. The van der Waals surface area contributed by atoms with Crippen LogP contribution in [-0.4, -0.2) is 42.8 Å². The summed E-state index contributed by atoms with van der Waals surface area (Å²) in [7, 11) is 5.71. The first-order chi connectivity index (χ1) is 16.7. The Morgan fingerprint density at radius 1 is 1.00 bits per heavy atom. The van der Waals surface area contributed by atoms with Gasteiger partial charge in [-0.25, -0.2) is 0 Å². The number of Topliss-reactive ketones (excluding diaryl/α,β-unsaturated/α-hetero) is 2. The highest BCUT2D eigenvalue weighted by molar-refractivity contribution is 5.93. The van der Waals surface area contributed by atoms with Crippen LogP contribution >= 0.6 is 0 Å². The maximum absolute atomic E-state index is 13.6. The summed E-state index contributed by atoms with van der Waals surface area (Å²) >= 11 is 0. The highest BCUT2D eigenvalue weighted by Gasteiger charge is 2.37. The van der Waals surface area contributed by atoms with E-state index in [1.54, 1.807) is 0 Å². The van der Waals surface area contributed by atoms with E-state index < -0.39 is 12.1 Å². The molecule has 2 aromatic carbocycles. The molecule has 7 nitrogen and oxygen atoms in total. The minimum atomic E-state index is -0.679. The van der Waals surface area contributed by atoms with Crippen LogP contribution in [0.3, 0.4) is 0 Å². The van der Waals surface area contributed by atoms with Crippen molar-refractivity contribution in [2.75, 3.05) is 26.2 Å². The molecule has 2 heterocycles. The van der Waals surface area contributed by atoms with E-state index in [2.05, 4.69) is 11.2 Å². The number of likely N-dealkylation sites (N-methyl/N-ethyl adjacent to an activating group) is 2. The summed E-state index contributed by atoms with van der Waals surface area (Å²) in [5.41, 5.74) is 3.02. The van der Waals surface area contributed by atoms with Gasteiger partial charge in [0.25, 0.3) is 0 Å². The van der Waals surface area contributed by atoms with Crippen molar-refractivity contribution < 1.29 is 18.8 Å². The van der Waals surface area contributed by atoms with Crippen molar-refractivity contribution in [3.05, 3.63) is 72.1 Å². The second kappa shape index (κ2) is 9.96. The molecule has 0 amide bonds. The fourth-order valence-electron chi connectivity index (χ4n) is 4.66. The van der Waals surface area contributed by atoms with Crippen LogP contribution in [0.5, 0.6) is 0 Å². The van der Waals surface area contributed by atoms with Crippen molar-refractivity contribution in [3.8, 4) is 0 Å². The van der Waals surface area contributed by atoms with Gasteiger partial charge in [-0.15, -0.1) is 0 Å². The zero-order valence-corrected chi connectivity index (χ0v) is 21.2. The van der Waals surface area contributed by atoms with Gasteiger partial charge in [-0.3, -0.25) is 14.5 Å². The number of carbonyl (C=O) groups excluding carboxylic acids is 2. The van der Waals surface area contributed by atoms with Crippen molar-refractivity contribution >= 4 is 33.4 Å². The predicted octanol–water partition coefficient (Wildman–Crippen LogP) is 4.38. The van der Waals surface area contributed by atoms with Crippen LogP contribution in [-0.2, 0) is 9.59 Å². The highest BCUT2D eigenvalue weighted by atomic mass is 16.5. The van der Waals surface area contributed by atoms with E-state index in [9.17, 15) is 9.59 Å². The molecule has 2 unspecified atom stereocenters. The van der Waals surface area contributed by atoms with Crippen molar-refractivity contribution in [2.24, 2.45) is 5.92 Å². The molecule has 2 aromatic heterocycles. The molecule has 0 saturated heterocycles. The summed E-state index contributed by atoms with van der Waals surface area (Å²) in [4.78, 5) is 28.4. The predicted molar refractivity (Wildman–Crippen MR) is 137 cm³/mol. The van der Waals surface area contributed by atoms with Crippen molar-refractivity contribution in [1.29, 1.82) is 0 Å². The fraction of sp³-hybridized carbons (Fsp3) is 0.357. The topological polar surface area (TPSA) is 70.5 Å². The third kappa shape index (κ3) is 4.56. The molecule has 0 aliphatic rings. The first-order valence-electron chi connectivity index (χ1n) is 12.0. The van der Waals surface area contributed by atoms with E-state index >= 15 is 0 Å². The van der Waals surface area contributed by atoms with Gasteiger partial charge in [0.2, 0.25) is 11.7 Å². The van der Waals surface area contributed by atoms with E-state index in [-0.39, 0.29) is 17.5 Å². The Kier molecular flexibility index (Phi) is 6.98. The summed E-state index contributed by atoms with van der Waals surface area (Å²) in [6.45, 7) is 5.67. The van der Waals surface area contributed by atoms with Crippen LogP contribution in [0.15, 0.2) is 65.3 Å². The molecule has 35 heavy (non-hydrogen) atoms. The Labute approximate surface area is 205 Å². The third-order valence-corrected chi connectivity index (χ3v) is 6.48. The number of hydrogen-bond donors (Lipinski definition) is 0. The van der Waals surface area contributed by atoms with E-state index in [0.29, 0.717) is 17.7 Å². The number of carbonyl (C=O) groups is 2. The maximum atomic E-state index is 13.6. The lowest BCUT2D eigenvalue weighted by Crippen LogP contribution is -2.59. The van der Waals surface area contributed by atoms with Crippen LogP contribution in [0.4, 0.5) is 0 Å². The average molecular weight is 474 g/mol. The minimum absolute atomic E-state index is 0.0299. The normalized spacial score (nSPS) is 13.5. The monoisotopic (exact) mass is 473 g/mol. The molecule has 0 aliphatic heterocycles. The molecular weight excluding hydrogens is 440 g/mol. The van der Waals surface area contributed by atoms with Gasteiger partial charge in [-0.2, -0.15) is 5.01 Å². The number of benzene rings is 2. The molecule has 4 rings (SSSR count). The Morgan fingerprint density at radius 2 is 1.69 bits per heavy atom. The van der Waals surface area contributed by atoms with E-state index in [1.165, 1.54) is 0 Å². The SMILES string of the molecule is CCC(=O)C(c1cc2ccccc2[n+](N(C)C(C(=O)C(C)C)c2noc3ccccc23)c1)N(C)C. The number of para-hydroxylation sites is 2. The number of pyridine rings is 1. The molecule has 2 atom stereocenters. The fourth-order valence-corrected chi connectivity index (χ4v) is 4.66. The van der Waals surface area contributed by atoms with Crippen LogP contribution in [0.2, 0.25) is 0 Å². The summed E-state index contributed by atoms with van der Waals surface area (Å²) in [5, 5.41) is 8.04. The summed E-state index contributed by atoms with van der Waals surface area (Å²) in [5.74, 6) is -0.0525. The van der Waals surface area contributed by atoms with E-state index in [1.807, 2.05) is 111 Å². The van der Waals surface area contributed by atoms with Crippen LogP contribution in [0.25, 0.3) is 21.9 Å². The smallest absolute Gasteiger partial charge is 0.242 e. The Balaban J connectivity index is 1.94. The molecule has 0 N–H and O–H groups in total. The quantitative estimate of drug-likeness (QED) is 0.336. The van der Waals surface area contributed by atoms with Gasteiger partial charge in [-0.1, -0.05) is 54.9 Å². The number of ketones is 2. The molecule has 0 saturated carbocycles. The van der Waals surface area contributed by atoms with Crippen molar-refractivity contribution in [2.45, 2.75) is 39.3 Å². The second-order valence-corrected chi connectivity index (χ2v) is 9.46. The molecule has 0 fully saturated rings. The molecule has 0 spiro atoms. The largest absolute Gasteiger partial charge is 0.356 e. The zero-order chi connectivity index (χ0) is 25.3. The van der Waals surface area contributed by atoms with Crippen molar-refractivity contribution in [3.63, 3.8) is 0 Å². The van der Waals surface area contributed by atoms with Gasteiger partial charge in [0.1, 0.15) is 5.69 Å². The Bertz CT molecular complexity index is 1380. The van der Waals surface area contributed by atoms with Gasteiger partial charge < -0.3 is 4.52 Å². The number of nitrogens with zero attached hydrogens (tertiary/aromatic N) is 4. The number of fused-ring (bicyclic) bond motifs is 2. The highest BCUT2D eigenvalue weighted by Crippen LogP contribution is 2.29. The van der Waals surface area contributed by atoms with Gasteiger partial charge in [0.05, 0.1) is 13.1 Å². The standard InChI is InChI=1S/C28H33N4O3/c1-7-23(33)26(30(4)5)20-16-19-12-8-10-14-22(19)32(17-20)31(6)27(28(34)18(2)3)25-21-13-9-11-15-24(21)35-29-25/h8-18,26-27H,7H2,1-6H3/q+1. The van der Waals surface area contributed by atoms with Gasteiger partial charge >= 0.3 is 0 Å². The number of rotatable bonds is 9. The zero-order valence-electron chi connectivity index (χ0n) is 21.2. The maximum Gasteiger partial charge on any atom is 0.242 e. The van der Waals surface area contributed by atoms with Crippen LogP contribution < -0.4 is 9.69 Å². The summed E-state index contributed by atoms with van der Waals surface area (Å²) < 4.78 is 7.55. The minimum Gasteiger partial charge on any atom is -0.356 e. The molecule has 0 aliphatic carbocycles. The first kappa shape index (κ1) is 24.5. The molecule has 182 valence electrons. The molecule has 4 aromatic rings. The second-order valence-electron chi connectivity index (χ2n) is 9.46. The summed E-state index contributed by atoms with van der Waals surface area (Å²) in [6.07, 6.45) is 2.40. The Morgan fingerprint density at radius 3 is 2.37 bits per heavy atom. The lowest BCUT2D eigenvalue weighted by molar-refractivity contribution is -0.668.